The van der Waals surface area contributed by atoms with E-state index in [1.54, 1.807) is 0 Å². The van der Waals surface area contributed by atoms with E-state index >= 15 is 0 Å². The van der Waals surface area contributed by atoms with Gasteiger partial charge in [0.05, 0.1) is 60.9 Å². The molecule has 0 unspecified atom stereocenters. The monoisotopic (exact) mass is 1100 g/mol. The SMILES string of the molecule is c1ccc2c(c1)c1ccccc1n2-c1ccc2c(c1)Oc1cc(-n3c4ccccc4c4ccccc43)cc3c1B2c1ccc(-n2c4ccc(-n5c6ccccc6c6ccccc65)cc4c4cc(-n5c6ccccc6c6ccccc65)ccc42)cc1O3. The summed E-state index contributed by atoms with van der Waals surface area (Å²) in [4.78, 5) is 0. The van der Waals surface area contributed by atoms with Crippen molar-refractivity contribution in [2.24, 2.45) is 0 Å². The number of ether oxygens (including phenoxy) is 2. The summed E-state index contributed by atoms with van der Waals surface area (Å²) in [6, 6.07) is 102. The van der Waals surface area contributed by atoms with Gasteiger partial charge in [0.2, 0.25) is 0 Å². The molecule has 0 atom stereocenters. The van der Waals surface area contributed by atoms with Gasteiger partial charge >= 0.3 is 0 Å². The van der Waals surface area contributed by atoms with Crippen LogP contribution < -0.4 is 25.9 Å². The molecule has 2 aliphatic rings. The fourth-order valence-corrected chi connectivity index (χ4v) is 15.2. The van der Waals surface area contributed by atoms with Crippen LogP contribution in [0.5, 0.6) is 23.0 Å². The van der Waals surface area contributed by atoms with Crippen molar-refractivity contribution < 1.29 is 9.47 Å². The van der Waals surface area contributed by atoms with Gasteiger partial charge in [-0.1, -0.05) is 158 Å². The van der Waals surface area contributed by atoms with Gasteiger partial charge in [-0.25, -0.2) is 0 Å². The van der Waals surface area contributed by atoms with Crippen LogP contribution in [-0.4, -0.2) is 29.5 Å². The van der Waals surface area contributed by atoms with Crippen molar-refractivity contribution in [1.29, 1.82) is 0 Å². The van der Waals surface area contributed by atoms with E-state index in [1.165, 1.54) is 65.2 Å². The molecule has 0 saturated heterocycles. The second-order valence-corrected chi connectivity index (χ2v) is 23.2. The Balaban J connectivity index is 0.814. The molecule has 0 radical (unpaired) electrons. The molecule has 5 aromatic heterocycles. The normalized spacial score (nSPS) is 12.8. The Labute approximate surface area is 492 Å². The molecule has 0 saturated carbocycles. The molecule has 18 aromatic rings. The van der Waals surface area contributed by atoms with E-state index in [9.17, 15) is 0 Å². The third kappa shape index (κ3) is 6.21. The average Bonchev–Trinajstić information content (AvgIpc) is 1.73. The fraction of sp³-hybridized carbons (Fsp3) is 0. The van der Waals surface area contributed by atoms with Crippen LogP contribution in [0.2, 0.25) is 0 Å². The number of fused-ring (bicyclic) bond motifs is 19. The lowest BCUT2D eigenvalue weighted by molar-refractivity contribution is 0.464. The summed E-state index contributed by atoms with van der Waals surface area (Å²) < 4.78 is 26.7. The quantitative estimate of drug-likeness (QED) is 0.161. The van der Waals surface area contributed by atoms with Gasteiger partial charge in [-0.2, -0.15) is 0 Å². The molecule has 86 heavy (non-hydrogen) atoms. The molecular formula is C78H46BN5O2. The lowest BCUT2D eigenvalue weighted by Crippen LogP contribution is -2.57. The summed E-state index contributed by atoms with van der Waals surface area (Å²) >= 11 is 0. The van der Waals surface area contributed by atoms with Crippen molar-refractivity contribution in [2.45, 2.75) is 0 Å². The molecule has 398 valence electrons. The molecule has 0 fully saturated rings. The minimum atomic E-state index is -0.179. The second kappa shape index (κ2) is 17.1. The molecule has 13 aromatic carbocycles. The zero-order chi connectivity index (χ0) is 55.9. The van der Waals surface area contributed by atoms with Gasteiger partial charge in [-0.3, -0.25) is 0 Å². The minimum absolute atomic E-state index is 0.179. The van der Waals surface area contributed by atoms with E-state index in [0.29, 0.717) is 0 Å². The molecular weight excluding hydrogens is 1050 g/mol. The minimum Gasteiger partial charge on any atom is -0.458 e. The van der Waals surface area contributed by atoms with Gasteiger partial charge in [0, 0.05) is 106 Å². The van der Waals surface area contributed by atoms with Gasteiger partial charge in [-0.05, 0) is 108 Å². The van der Waals surface area contributed by atoms with Crippen molar-refractivity contribution in [3.8, 4) is 51.4 Å². The second-order valence-electron chi connectivity index (χ2n) is 23.2. The van der Waals surface area contributed by atoms with E-state index in [0.717, 1.165) is 112 Å². The van der Waals surface area contributed by atoms with Gasteiger partial charge in [0.25, 0.3) is 6.71 Å². The maximum atomic E-state index is 7.43. The first-order valence-electron chi connectivity index (χ1n) is 29.5. The highest BCUT2D eigenvalue weighted by Gasteiger charge is 2.41. The number of rotatable bonds is 5. The molecule has 0 bridgehead atoms. The molecule has 0 spiro atoms. The van der Waals surface area contributed by atoms with Crippen molar-refractivity contribution >= 4 is 132 Å². The highest BCUT2D eigenvalue weighted by molar-refractivity contribution is 6.98. The van der Waals surface area contributed by atoms with Gasteiger partial charge in [-0.15, -0.1) is 0 Å². The van der Waals surface area contributed by atoms with Crippen LogP contribution in [0.1, 0.15) is 0 Å². The number of para-hydroxylation sites is 8. The predicted molar refractivity (Wildman–Crippen MR) is 356 cm³/mol. The van der Waals surface area contributed by atoms with E-state index in [4.69, 9.17) is 9.47 Å². The van der Waals surface area contributed by atoms with Crippen LogP contribution in [0.15, 0.2) is 279 Å². The van der Waals surface area contributed by atoms with Gasteiger partial charge in [0.1, 0.15) is 23.0 Å². The number of hydrogen-bond donors (Lipinski definition) is 0. The Hall–Kier alpha value is -11.5. The maximum absolute atomic E-state index is 7.43. The molecule has 0 amide bonds. The maximum Gasteiger partial charge on any atom is 0.260 e. The highest BCUT2D eigenvalue weighted by Crippen LogP contribution is 2.44. The Kier molecular flexibility index (Phi) is 9.14. The summed E-state index contributed by atoms with van der Waals surface area (Å²) in [5.74, 6) is 3.19. The highest BCUT2D eigenvalue weighted by atomic mass is 16.5. The number of nitrogens with zero attached hydrogens (tertiary/aromatic N) is 5. The number of benzene rings is 13. The molecule has 7 nitrogen and oxygen atoms in total. The van der Waals surface area contributed by atoms with Crippen LogP contribution in [0.3, 0.4) is 0 Å². The van der Waals surface area contributed by atoms with E-state index < -0.39 is 0 Å². The smallest absolute Gasteiger partial charge is 0.260 e. The standard InChI is InChI=1S/C78H46BN5O2/c1-9-25-64-52(17-1)53-18-2-10-26-65(53)80(64)47-35-39-72-60(41-47)61-42-48(81-66-27-11-3-19-54(66)55-20-4-12-28-67(55)81)36-40-73(61)83(72)50-34-38-63-75(44-50)86-77-46-51(84-70-31-15-7-23-58(70)59-24-8-16-32-71(59)84)45-76-78(77)79(63)62-37-33-49(43-74(62)85-76)82-68-29-13-5-21-56(68)57-22-6-14-30-69(57)82/h1-46H. The molecule has 20 rings (SSSR count). The van der Waals surface area contributed by atoms with Crippen LogP contribution in [-0.2, 0) is 0 Å². The zero-order valence-corrected chi connectivity index (χ0v) is 46.2. The summed E-state index contributed by atoms with van der Waals surface area (Å²) in [5, 5.41) is 12.1. The Morgan fingerprint density at radius 3 is 0.733 bits per heavy atom. The lowest BCUT2D eigenvalue weighted by Gasteiger charge is -2.34. The van der Waals surface area contributed by atoms with Crippen molar-refractivity contribution in [3.63, 3.8) is 0 Å². The first-order valence-corrected chi connectivity index (χ1v) is 29.5. The largest absolute Gasteiger partial charge is 0.458 e. The third-order valence-electron chi connectivity index (χ3n) is 18.8. The van der Waals surface area contributed by atoms with Crippen LogP contribution in [0.4, 0.5) is 0 Å². The number of hydrogen-bond acceptors (Lipinski definition) is 2. The van der Waals surface area contributed by atoms with Gasteiger partial charge < -0.3 is 32.3 Å². The van der Waals surface area contributed by atoms with Crippen LogP contribution in [0, 0.1) is 0 Å². The lowest BCUT2D eigenvalue weighted by atomic mass is 9.35. The summed E-state index contributed by atoms with van der Waals surface area (Å²) in [5.41, 5.74) is 19.9. The first-order chi connectivity index (χ1) is 42.7. The van der Waals surface area contributed by atoms with E-state index in [-0.39, 0.29) is 6.71 Å². The van der Waals surface area contributed by atoms with E-state index in [1.807, 2.05) is 0 Å². The zero-order valence-electron chi connectivity index (χ0n) is 46.2. The summed E-state index contributed by atoms with van der Waals surface area (Å²) in [6.07, 6.45) is 0. The molecule has 0 aliphatic carbocycles. The van der Waals surface area contributed by atoms with Crippen molar-refractivity contribution in [1.82, 2.24) is 22.8 Å². The third-order valence-corrected chi connectivity index (χ3v) is 18.8. The average molecular weight is 1100 g/mol. The first kappa shape index (κ1) is 46.1. The van der Waals surface area contributed by atoms with Gasteiger partial charge in [0.15, 0.2) is 0 Å². The molecule has 7 heterocycles. The molecule has 0 N–H and O–H groups in total. The topological polar surface area (TPSA) is 43.1 Å². The Morgan fingerprint density at radius 2 is 0.430 bits per heavy atom. The van der Waals surface area contributed by atoms with Crippen molar-refractivity contribution in [3.05, 3.63) is 279 Å². The molecule has 2 aliphatic heterocycles. The number of aromatic nitrogens is 5. The fourth-order valence-electron chi connectivity index (χ4n) is 15.2. The summed E-state index contributed by atoms with van der Waals surface area (Å²) in [6.45, 7) is -0.179. The predicted octanol–water partition coefficient (Wildman–Crippen LogP) is 17.9. The Bertz CT molecular complexity index is 5630. The van der Waals surface area contributed by atoms with Crippen molar-refractivity contribution in [2.75, 3.05) is 0 Å². The van der Waals surface area contributed by atoms with Crippen LogP contribution in [0.25, 0.3) is 137 Å². The van der Waals surface area contributed by atoms with Crippen LogP contribution >= 0.6 is 0 Å². The van der Waals surface area contributed by atoms with E-state index in [2.05, 4.69) is 302 Å². The summed E-state index contributed by atoms with van der Waals surface area (Å²) in [7, 11) is 0. The molecule has 8 heteroatoms. The Morgan fingerprint density at radius 1 is 0.198 bits per heavy atom.